The van der Waals surface area contributed by atoms with E-state index in [1.165, 1.54) is 34.8 Å². The number of sulfonamides is 1. The molecular weight excluding hydrogens is 308 g/mol. The Labute approximate surface area is 127 Å². The summed E-state index contributed by atoms with van der Waals surface area (Å²) in [6, 6.07) is 8.10. The van der Waals surface area contributed by atoms with Gasteiger partial charge in [0, 0.05) is 18.7 Å². The number of non-ortho nitro benzene ring substituents is 1. The molecule has 0 amide bonds. The lowest BCUT2D eigenvalue weighted by atomic mass is 10.2. The van der Waals surface area contributed by atoms with E-state index in [4.69, 9.17) is 4.42 Å². The summed E-state index contributed by atoms with van der Waals surface area (Å²) in [6.07, 6.45) is 2.96. The van der Waals surface area contributed by atoms with Crippen LogP contribution in [0.3, 0.4) is 0 Å². The van der Waals surface area contributed by atoms with Gasteiger partial charge in [-0.2, -0.15) is 4.31 Å². The largest absolute Gasteiger partial charge is 0.468 e. The topological polar surface area (TPSA) is 93.7 Å². The predicted octanol–water partition coefficient (Wildman–Crippen LogP) is 2.71. The van der Waals surface area contributed by atoms with E-state index in [0.29, 0.717) is 18.7 Å². The molecule has 3 rings (SSSR count). The average molecular weight is 322 g/mol. The lowest BCUT2D eigenvalue weighted by molar-refractivity contribution is -0.384. The molecule has 1 fully saturated rings. The van der Waals surface area contributed by atoms with Gasteiger partial charge < -0.3 is 4.42 Å². The van der Waals surface area contributed by atoms with Crippen molar-refractivity contribution in [3.63, 3.8) is 0 Å². The second-order valence-electron chi connectivity index (χ2n) is 5.04. The monoisotopic (exact) mass is 322 g/mol. The summed E-state index contributed by atoms with van der Waals surface area (Å²) in [5, 5.41) is 10.7. The first-order valence-corrected chi connectivity index (χ1v) is 8.24. The van der Waals surface area contributed by atoms with Gasteiger partial charge in [-0.05, 0) is 37.1 Å². The number of benzene rings is 1. The van der Waals surface area contributed by atoms with Gasteiger partial charge in [0.1, 0.15) is 5.76 Å². The quantitative estimate of drug-likeness (QED) is 0.637. The van der Waals surface area contributed by atoms with E-state index in [1.54, 1.807) is 12.1 Å². The fourth-order valence-electron chi connectivity index (χ4n) is 2.67. The van der Waals surface area contributed by atoms with Gasteiger partial charge in [-0.15, -0.1) is 0 Å². The van der Waals surface area contributed by atoms with Crippen LogP contribution in [0.2, 0.25) is 0 Å². The molecule has 0 saturated carbocycles. The molecule has 2 heterocycles. The lowest BCUT2D eigenvalue weighted by Gasteiger charge is -2.22. The Morgan fingerprint density at radius 3 is 2.55 bits per heavy atom. The van der Waals surface area contributed by atoms with Gasteiger partial charge in [-0.1, -0.05) is 0 Å². The van der Waals surface area contributed by atoms with Gasteiger partial charge in [-0.3, -0.25) is 10.1 Å². The Bertz CT molecular complexity index is 768. The Morgan fingerprint density at radius 1 is 1.23 bits per heavy atom. The minimum Gasteiger partial charge on any atom is -0.468 e. The molecule has 8 heteroatoms. The third-order valence-corrected chi connectivity index (χ3v) is 5.65. The standard InChI is InChI=1S/C14H14N2O5S/c17-16(18)11-5-7-12(8-6-11)22(19,20)15-9-1-3-13(15)14-4-2-10-21-14/h2,4-8,10,13H,1,3,9H2/t13-/m1/s1. The number of nitro groups is 1. The van der Waals surface area contributed by atoms with Crippen LogP contribution in [0.1, 0.15) is 24.6 Å². The SMILES string of the molecule is O=[N+]([O-])c1ccc(S(=O)(=O)N2CCC[C@@H]2c2ccco2)cc1. The number of hydrogen-bond acceptors (Lipinski definition) is 5. The van der Waals surface area contributed by atoms with Gasteiger partial charge in [0.15, 0.2) is 0 Å². The summed E-state index contributed by atoms with van der Waals surface area (Å²) in [7, 11) is -3.71. The molecule has 0 aliphatic carbocycles. The molecule has 0 bridgehead atoms. The van der Waals surface area contributed by atoms with Crippen LogP contribution in [0.5, 0.6) is 0 Å². The van der Waals surface area contributed by atoms with E-state index < -0.39 is 14.9 Å². The highest BCUT2D eigenvalue weighted by molar-refractivity contribution is 7.89. The Hall–Kier alpha value is -2.19. The summed E-state index contributed by atoms with van der Waals surface area (Å²) in [6.45, 7) is 0.407. The van der Waals surface area contributed by atoms with Crippen molar-refractivity contribution in [2.75, 3.05) is 6.54 Å². The molecule has 2 aromatic rings. The molecular formula is C14H14N2O5S. The van der Waals surface area contributed by atoms with E-state index in [9.17, 15) is 18.5 Å². The predicted molar refractivity (Wildman–Crippen MR) is 77.7 cm³/mol. The van der Waals surface area contributed by atoms with Crippen LogP contribution in [-0.2, 0) is 10.0 Å². The highest BCUT2D eigenvalue weighted by atomic mass is 32.2. The van der Waals surface area contributed by atoms with Crippen LogP contribution in [0.4, 0.5) is 5.69 Å². The van der Waals surface area contributed by atoms with E-state index in [2.05, 4.69) is 0 Å². The van der Waals surface area contributed by atoms with Crippen molar-refractivity contribution in [3.8, 4) is 0 Å². The van der Waals surface area contributed by atoms with Crippen LogP contribution in [0.15, 0.2) is 52.0 Å². The number of rotatable bonds is 4. The maximum atomic E-state index is 12.7. The fraction of sp³-hybridized carbons (Fsp3) is 0.286. The van der Waals surface area contributed by atoms with Crippen LogP contribution in [0, 0.1) is 10.1 Å². The third-order valence-electron chi connectivity index (χ3n) is 3.73. The Morgan fingerprint density at radius 2 is 1.95 bits per heavy atom. The van der Waals surface area contributed by atoms with E-state index in [-0.39, 0.29) is 16.6 Å². The zero-order valence-electron chi connectivity index (χ0n) is 11.6. The first kappa shape index (κ1) is 14.7. The minimum atomic E-state index is -3.71. The van der Waals surface area contributed by atoms with Gasteiger partial charge in [0.25, 0.3) is 5.69 Å². The van der Waals surface area contributed by atoms with Crippen molar-refractivity contribution in [1.29, 1.82) is 0 Å². The average Bonchev–Trinajstić information content (AvgIpc) is 3.18. The van der Waals surface area contributed by atoms with Crippen LogP contribution < -0.4 is 0 Å². The smallest absolute Gasteiger partial charge is 0.269 e. The maximum Gasteiger partial charge on any atom is 0.269 e. The second-order valence-corrected chi connectivity index (χ2v) is 6.93. The molecule has 1 aromatic heterocycles. The van der Waals surface area contributed by atoms with Crippen molar-refractivity contribution in [2.24, 2.45) is 0 Å². The summed E-state index contributed by atoms with van der Waals surface area (Å²) < 4.78 is 32.2. The lowest BCUT2D eigenvalue weighted by Crippen LogP contribution is -2.30. The fourth-order valence-corrected chi connectivity index (χ4v) is 4.33. The van der Waals surface area contributed by atoms with E-state index in [0.717, 1.165) is 6.42 Å². The number of nitrogens with zero attached hydrogens (tertiary/aromatic N) is 2. The molecule has 1 aromatic carbocycles. The van der Waals surface area contributed by atoms with Crippen molar-refractivity contribution < 1.29 is 17.8 Å². The first-order chi connectivity index (χ1) is 10.5. The zero-order valence-corrected chi connectivity index (χ0v) is 12.4. The summed E-state index contributed by atoms with van der Waals surface area (Å²) in [4.78, 5) is 10.2. The number of nitro benzene ring substituents is 1. The van der Waals surface area contributed by atoms with Gasteiger partial charge in [0.2, 0.25) is 10.0 Å². The molecule has 1 aliphatic rings. The van der Waals surface area contributed by atoms with Gasteiger partial charge in [-0.25, -0.2) is 8.42 Å². The third kappa shape index (κ3) is 2.51. The van der Waals surface area contributed by atoms with Crippen LogP contribution >= 0.6 is 0 Å². The number of hydrogen-bond donors (Lipinski definition) is 0. The summed E-state index contributed by atoms with van der Waals surface area (Å²) in [5.74, 6) is 0.614. The molecule has 1 saturated heterocycles. The maximum absolute atomic E-state index is 12.7. The van der Waals surface area contributed by atoms with E-state index in [1.807, 2.05) is 0 Å². The van der Waals surface area contributed by atoms with Crippen LogP contribution in [0.25, 0.3) is 0 Å². The second kappa shape index (κ2) is 5.54. The molecule has 1 aliphatic heterocycles. The molecule has 22 heavy (non-hydrogen) atoms. The molecule has 7 nitrogen and oxygen atoms in total. The summed E-state index contributed by atoms with van der Waals surface area (Å²) >= 11 is 0. The Balaban J connectivity index is 1.93. The molecule has 1 atom stereocenters. The normalized spacial score (nSPS) is 19.4. The first-order valence-electron chi connectivity index (χ1n) is 6.80. The summed E-state index contributed by atoms with van der Waals surface area (Å²) in [5.41, 5.74) is -0.136. The van der Waals surface area contributed by atoms with Crippen molar-refractivity contribution in [3.05, 3.63) is 58.5 Å². The molecule has 0 unspecified atom stereocenters. The minimum absolute atomic E-state index is 0.0524. The molecule has 0 spiro atoms. The molecule has 0 radical (unpaired) electrons. The van der Waals surface area contributed by atoms with Crippen molar-refractivity contribution in [2.45, 2.75) is 23.8 Å². The van der Waals surface area contributed by atoms with Crippen LogP contribution in [-0.4, -0.2) is 24.2 Å². The van der Waals surface area contributed by atoms with Crippen molar-refractivity contribution in [1.82, 2.24) is 4.31 Å². The van der Waals surface area contributed by atoms with Crippen molar-refractivity contribution >= 4 is 15.7 Å². The zero-order chi connectivity index (χ0) is 15.7. The Kier molecular flexibility index (Phi) is 3.71. The highest BCUT2D eigenvalue weighted by Crippen LogP contribution is 2.36. The van der Waals surface area contributed by atoms with E-state index >= 15 is 0 Å². The van der Waals surface area contributed by atoms with Gasteiger partial charge in [0.05, 0.1) is 22.1 Å². The molecule has 0 N–H and O–H groups in total. The van der Waals surface area contributed by atoms with Gasteiger partial charge >= 0.3 is 0 Å². The molecule has 116 valence electrons. The highest BCUT2D eigenvalue weighted by Gasteiger charge is 2.37. The number of furan rings is 1.